The number of carbonyl (C=O) groups excluding carboxylic acids is 2. The van der Waals surface area contributed by atoms with Crippen LogP contribution in [0.3, 0.4) is 0 Å². The van der Waals surface area contributed by atoms with Crippen molar-refractivity contribution < 1.29 is 24.2 Å². The van der Waals surface area contributed by atoms with Gasteiger partial charge in [-0.1, -0.05) is 12.1 Å². The first kappa shape index (κ1) is 12.6. The van der Waals surface area contributed by atoms with Gasteiger partial charge in [-0.25, -0.2) is 14.4 Å². The molecule has 1 aromatic carbocycles. The number of isocyanates is 1. The summed E-state index contributed by atoms with van der Waals surface area (Å²) in [6, 6.07) is 5.61. The number of benzene rings is 1. The van der Waals surface area contributed by atoms with Crippen LogP contribution in [0.2, 0.25) is 0 Å². The highest BCUT2D eigenvalue weighted by Crippen LogP contribution is 2.11. The molecule has 6 nitrogen and oxygen atoms in total. The van der Waals surface area contributed by atoms with Crippen molar-refractivity contribution in [1.29, 1.82) is 0 Å². The number of nitrogens with zero attached hydrogens (tertiary/aromatic N) is 1. The van der Waals surface area contributed by atoms with E-state index in [-0.39, 0.29) is 11.1 Å². The van der Waals surface area contributed by atoms with Crippen LogP contribution in [-0.4, -0.2) is 29.4 Å². The molecule has 0 aliphatic carbocycles. The minimum absolute atomic E-state index is 0.0899. The quantitative estimate of drug-likeness (QED) is 0.481. The molecule has 1 N–H and O–H groups in total. The van der Waals surface area contributed by atoms with E-state index in [0.717, 1.165) is 0 Å². The van der Waals surface area contributed by atoms with Crippen LogP contribution in [0.25, 0.3) is 0 Å². The topological polar surface area (TPSA) is 93.0 Å². The third-order valence-corrected chi connectivity index (χ3v) is 1.89. The molecule has 0 aliphatic heterocycles. The highest BCUT2D eigenvalue weighted by atomic mass is 16.6. The van der Waals surface area contributed by atoms with E-state index in [1.165, 1.54) is 37.3 Å². The Morgan fingerprint density at radius 2 is 1.94 bits per heavy atom. The molecule has 0 fully saturated rings. The number of carboxylic acids is 1. The Labute approximate surface area is 96.5 Å². The maximum atomic E-state index is 11.6. The summed E-state index contributed by atoms with van der Waals surface area (Å²) >= 11 is 0. The van der Waals surface area contributed by atoms with Crippen molar-refractivity contribution in [2.75, 3.05) is 0 Å². The molecule has 1 aromatic rings. The highest BCUT2D eigenvalue weighted by Gasteiger charge is 2.18. The van der Waals surface area contributed by atoms with Crippen molar-refractivity contribution in [3.05, 3.63) is 35.4 Å². The molecule has 0 radical (unpaired) electrons. The SMILES string of the molecule is CC(N=C=O)OC(=O)c1ccccc1C(=O)O. The second kappa shape index (κ2) is 5.58. The van der Waals surface area contributed by atoms with E-state index >= 15 is 0 Å². The molecule has 0 saturated heterocycles. The summed E-state index contributed by atoms with van der Waals surface area (Å²) in [5.74, 6) is -2.08. The Hall–Kier alpha value is -2.46. The summed E-state index contributed by atoms with van der Waals surface area (Å²) in [5.41, 5.74) is -0.257. The normalized spacial score (nSPS) is 11.1. The number of ether oxygens (including phenoxy) is 1. The molecule has 0 saturated carbocycles. The predicted molar refractivity (Wildman–Crippen MR) is 56.4 cm³/mol. The van der Waals surface area contributed by atoms with Gasteiger partial charge in [-0.15, -0.1) is 0 Å². The van der Waals surface area contributed by atoms with Crippen LogP contribution in [0.1, 0.15) is 27.6 Å². The molecule has 17 heavy (non-hydrogen) atoms. The third kappa shape index (κ3) is 3.25. The number of carboxylic acid groups (broad SMARTS) is 1. The molecule has 0 aromatic heterocycles. The van der Waals surface area contributed by atoms with Crippen LogP contribution in [0, 0.1) is 0 Å². The van der Waals surface area contributed by atoms with Crippen molar-refractivity contribution in [2.45, 2.75) is 13.2 Å². The first-order chi connectivity index (χ1) is 8.06. The van der Waals surface area contributed by atoms with Gasteiger partial charge < -0.3 is 9.84 Å². The Bertz CT molecular complexity index is 490. The molecule has 1 atom stereocenters. The largest absolute Gasteiger partial charge is 0.478 e. The van der Waals surface area contributed by atoms with Gasteiger partial charge in [0.2, 0.25) is 12.3 Å². The number of hydrogen-bond donors (Lipinski definition) is 1. The van der Waals surface area contributed by atoms with E-state index in [2.05, 4.69) is 4.99 Å². The van der Waals surface area contributed by atoms with Crippen LogP contribution in [0.15, 0.2) is 29.3 Å². The minimum Gasteiger partial charge on any atom is -0.478 e. The molecule has 6 heteroatoms. The zero-order valence-electron chi connectivity index (χ0n) is 8.91. The zero-order valence-corrected chi connectivity index (χ0v) is 8.91. The third-order valence-electron chi connectivity index (χ3n) is 1.89. The molecular formula is C11H9NO5. The summed E-state index contributed by atoms with van der Waals surface area (Å²) in [4.78, 5) is 35.5. The standard InChI is InChI=1S/C11H9NO5/c1-7(12-6-13)17-11(16)9-5-3-2-4-8(9)10(14)15/h2-5,7H,1H3,(H,14,15). The fourth-order valence-electron chi connectivity index (χ4n) is 1.17. The van der Waals surface area contributed by atoms with Gasteiger partial charge in [-0.05, 0) is 19.1 Å². The Morgan fingerprint density at radius 1 is 1.35 bits per heavy atom. The fraction of sp³-hybridized carbons (Fsp3) is 0.182. The number of esters is 1. The maximum Gasteiger partial charge on any atom is 0.341 e. The van der Waals surface area contributed by atoms with Gasteiger partial charge in [0, 0.05) is 0 Å². The van der Waals surface area contributed by atoms with Crippen LogP contribution in [-0.2, 0) is 9.53 Å². The average molecular weight is 235 g/mol. The van der Waals surface area contributed by atoms with Crippen LogP contribution < -0.4 is 0 Å². The van der Waals surface area contributed by atoms with Crippen molar-refractivity contribution in [1.82, 2.24) is 0 Å². The molecular weight excluding hydrogens is 226 g/mol. The Morgan fingerprint density at radius 3 is 2.47 bits per heavy atom. The second-order valence-corrected chi connectivity index (χ2v) is 3.08. The van der Waals surface area contributed by atoms with E-state index in [1.54, 1.807) is 0 Å². The minimum atomic E-state index is -1.23. The number of aromatic carboxylic acids is 1. The van der Waals surface area contributed by atoms with Gasteiger partial charge in [0.15, 0.2) is 0 Å². The van der Waals surface area contributed by atoms with Crippen LogP contribution >= 0.6 is 0 Å². The number of rotatable bonds is 4. The van der Waals surface area contributed by atoms with Gasteiger partial charge in [0.25, 0.3) is 0 Å². The Balaban J connectivity index is 2.96. The summed E-state index contributed by atoms with van der Waals surface area (Å²) in [6.07, 6.45) is 0.245. The zero-order chi connectivity index (χ0) is 12.8. The average Bonchev–Trinajstić information content (AvgIpc) is 2.29. The molecule has 88 valence electrons. The molecule has 0 aliphatic rings. The van der Waals surface area contributed by atoms with Crippen LogP contribution in [0.4, 0.5) is 0 Å². The van der Waals surface area contributed by atoms with Gasteiger partial charge >= 0.3 is 11.9 Å². The van der Waals surface area contributed by atoms with Crippen LogP contribution in [0.5, 0.6) is 0 Å². The van der Waals surface area contributed by atoms with Crippen molar-refractivity contribution in [2.24, 2.45) is 4.99 Å². The van der Waals surface area contributed by atoms with E-state index in [9.17, 15) is 14.4 Å². The lowest BCUT2D eigenvalue weighted by Gasteiger charge is -2.08. The Kier molecular flexibility index (Phi) is 4.14. The van der Waals surface area contributed by atoms with E-state index in [1.807, 2.05) is 0 Å². The predicted octanol–water partition coefficient (Wildman–Crippen LogP) is 1.22. The lowest BCUT2D eigenvalue weighted by atomic mass is 10.1. The first-order valence-electron chi connectivity index (χ1n) is 4.66. The lowest BCUT2D eigenvalue weighted by Crippen LogP contribution is -2.16. The van der Waals surface area contributed by atoms with Gasteiger partial charge in [-0.3, -0.25) is 0 Å². The second-order valence-electron chi connectivity index (χ2n) is 3.08. The van der Waals surface area contributed by atoms with E-state index in [4.69, 9.17) is 9.84 Å². The highest BCUT2D eigenvalue weighted by molar-refractivity contribution is 6.02. The van der Waals surface area contributed by atoms with Crippen molar-refractivity contribution in [3.63, 3.8) is 0 Å². The fourth-order valence-corrected chi connectivity index (χ4v) is 1.17. The summed E-state index contributed by atoms with van der Waals surface area (Å²) in [6.45, 7) is 1.37. The molecule has 1 unspecified atom stereocenters. The number of hydrogen-bond acceptors (Lipinski definition) is 5. The lowest BCUT2D eigenvalue weighted by molar-refractivity contribution is 0.0353. The molecule has 1 rings (SSSR count). The smallest absolute Gasteiger partial charge is 0.341 e. The number of aliphatic imine (C=N–C) groups is 1. The first-order valence-corrected chi connectivity index (χ1v) is 4.66. The van der Waals surface area contributed by atoms with Crippen molar-refractivity contribution in [3.8, 4) is 0 Å². The van der Waals surface area contributed by atoms with Gasteiger partial charge in [-0.2, -0.15) is 4.99 Å². The number of carbonyl (C=O) groups is 2. The maximum absolute atomic E-state index is 11.6. The van der Waals surface area contributed by atoms with E-state index in [0.29, 0.717) is 0 Å². The van der Waals surface area contributed by atoms with Gasteiger partial charge in [0.05, 0.1) is 11.1 Å². The van der Waals surface area contributed by atoms with E-state index < -0.39 is 18.2 Å². The summed E-state index contributed by atoms with van der Waals surface area (Å²) in [7, 11) is 0. The molecule has 0 bridgehead atoms. The molecule has 0 heterocycles. The summed E-state index contributed by atoms with van der Waals surface area (Å²) in [5, 5.41) is 8.86. The monoisotopic (exact) mass is 235 g/mol. The molecule has 0 spiro atoms. The molecule has 0 amide bonds. The van der Waals surface area contributed by atoms with Crippen molar-refractivity contribution >= 4 is 18.0 Å². The summed E-state index contributed by atoms with van der Waals surface area (Å²) < 4.78 is 4.74. The van der Waals surface area contributed by atoms with Gasteiger partial charge in [0.1, 0.15) is 0 Å².